The van der Waals surface area contributed by atoms with E-state index >= 15 is 4.39 Å². The highest BCUT2D eigenvalue weighted by Crippen LogP contribution is 2.35. The van der Waals surface area contributed by atoms with Crippen LogP contribution in [0.4, 0.5) is 10.1 Å². The zero-order valence-electron chi connectivity index (χ0n) is 22.7. The van der Waals surface area contributed by atoms with Crippen LogP contribution in [0, 0.1) is 11.7 Å². The van der Waals surface area contributed by atoms with Crippen molar-refractivity contribution in [2.75, 3.05) is 12.0 Å². The van der Waals surface area contributed by atoms with Crippen LogP contribution < -0.4 is 4.90 Å². The first-order chi connectivity index (χ1) is 19.4. The number of rotatable bonds is 7. The van der Waals surface area contributed by atoms with Gasteiger partial charge >= 0.3 is 5.97 Å². The van der Waals surface area contributed by atoms with Crippen molar-refractivity contribution in [2.45, 2.75) is 38.0 Å². The highest BCUT2D eigenvalue weighted by atomic mass is 19.1. The van der Waals surface area contributed by atoms with Crippen molar-refractivity contribution in [3.05, 3.63) is 89.9 Å². The first kappa shape index (κ1) is 27.4. The molecular formula is C32H31BFN3O3. The molecule has 6 nitrogen and oxygen atoms in total. The van der Waals surface area contributed by atoms with Gasteiger partial charge in [-0.15, -0.1) is 0 Å². The number of aryl methyl sites for hydroxylation is 1. The monoisotopic (exact) mass is 535 g/mol. The van der Waals surface area contributed by atoms with Crippen LogP contribution in [0.2, 0.25) is 0 Å². The fourth-order valence-corrected chi connectivity index (χ4v) is 5.41. The summed E-state index contributed by atoms with van der Waals surface area (Å²) in [4.78, 5) is 27.0. The van der Waals surface area contributed by atoms with E-state index in [1.807, 2.05) is 37.4 Å². The summed E-state index contributed by atoms with van der Waals surface area (Å²) < 4.78 is 22.2. The van der Waals surface area contributed by atoms with Crippen molar-refractivity contribution in [1.29, 1.82) is 0 Å². The fraction of sp³-hybridized carbons (Fsp3) is 0.281. The lowest BCUT2D eigenvalue weighted by atomic mass is 9.82. The average molecular weight is 535 g/mol. The highest BCUT2D eigenvalue weighted by molar-refractivity contribution is 6.18. The number of esters is 1. The molecule has 1 heterocycles. The molecule has 0 N–H and O–H groups in total. The number of aromatic nitrogens is 2. The molecule has 3 aromatic carbocycles. The van der Waals surface area contributed by atoms with Crippen LogP contribution in [-0.4, -0.2) is 36.6 Å². The number of nitrogens with zero attached hydrogens (tertiary/aromatic N) is 3. The zero-order chi connectivity index (χ0) is 28.2. The molecule has 1 aromatic heterocycles. The Morgan fingerprint density at radius 2 is 1.82 bits per heavy atom. The lowest BCUT2D eigenvalue weighted by Gasteiger charge is -2.35. The van der Waals surface area contributed by atoms with Gasteiger partial charge in [0, 0.05) is 41.6 Å². The summed E-state index contributed by atoms with van der Waals surface area (Å²) in [6.45, 7) is 0. The Morgan fingerprint density at radius 3 is 2.58 bits per heavy atom. The van der Waals surface area contributed by atoms with Gasteiger partial charge < -0.3 is 9.64 Å². The van der Waals surface area contributed by atoms with Gasteiger partial charge in [-0.05, 0) is 65.9 Å². The highest BCUT2D eigenvalue weighted by Gasteiger charge is 2.31. The Hall–Kier alpha value is -4.20. The standard InChI is InChI=1S/C32H31BFN3O3/c1-36-29-15-13-23(18-25(29)20-35-36)24-12-14-27(28(34)19-24)31(33)37(32(39)22-8-4-3-5-9-22)26-10-6-7-21(17-26)11-16-30(38)40-2/h6-7,10-20,22,31H,3-5,8-9H2,1-2H3/b16-11+/t31-/m0/s1. The van der Waals surface area contributed by atoms with Crippen LogP contribution in [0.25, 0.3) is 28.1 Å². The van der Waals surface area contributed by atoms with Crippen molar-refractivity contribution >= 4 is 42.4 Å². The van der Waals surface area contributed by atoms with Crippen molar-refractivity contribution in [1.82, 2.24) is 9.78 Å². The van der Waals surface area contributed by atoms with Gasteiger partial charge in [0.15, 0.2) is 0 Å². The first-order valence-corrected chi connectivity index (χ1v) is 13.5. The molecule has 202 valence electrons. The predicted octanol–water partition coefficient (Wildman–Crippen LogP) is 6.35. The Kier molecular flexibility index (Phi) is 8.15. The molecule has 1 amide bonds. The molecule has 5 rings (SSSR count). The second kappa shape index (κ2) is 11.9. The van der Waals surface area contributed by atoms with Crippen LogP contribution in [0.1, 0.15) is 49.2 Å². The fourth-order valence-electron chi connectivity index (χ4n) is 5.41. The summed E-state index contributed by atoms with van der Waals surface area (Å²) in [7, 11) is 9.89. The summed E-state index contributed by atoms with van der Waals surface area (Å²) in [5.74, 6) is -2.31. The molecule has 2 radical (unpaired) electrons. The minimum absolute atomic E-state index is 0.119. The van der Waals surface area contributed by atoms with Gasteiger partial charge in [0.2, 0.25) is 5.91 Å². The summed E-state index contributed by atoms with van der Waals surface area (Å²) in [5.41, 5.74) is 4.02. The second-order valence-corrected chi connectivity index (χ2v) is 10.2. The maximum absolute atomic E-state index is 15.7. The number of fused-ring (bicyclic) bond motifs is 1. The van der Waals surface area contributed by atoms with Crippen LogP contribution in [0.15, 0.2) is 72.9 Å². The third-order valence-corrected chi connectivity index (χ3v) is 7.63. The number of hydrogen-bond acceptors (Lipinski definition) is 4. The molecule has 0 spiro atoms. The molecular weight excluding hydrogens is 504 g/mol. The molecule has 0 bridgehead atoms. The number of carbonyl (C=O) groups excluding carboxylic acids is 2. The van der Waals surface area contributed by atoms with E-state index in [0.717, 1.165) is 48.6 Å². The lowest BCUT2D eigenvalue weighted by Crippen LogP contribution is -2.40. The number of halogens is 1. The number of anilines is 1. The molecule has 4 aromatic rings. The van der Waals surface area contributed by atoms with Crippen LogP contribution in [0.3, 0.4) is 0 Å². The minimum atomic E-state index is -1.04. The van der Waals surface area contributed by atoms with Gasteiger partial charge in [-0.25, -0.2) is 9.18 Å². The van der Waals surface area contributed by atoms with Crippen molar-refractivity contribution < 1.29 is 18.7 Å². The van der Waals surface area contributed by atoms with Crippen LogP contribution in [0.5, 0.6) is 0 Å². The Balaban J connectivity index is 1.49. The van der Waals surface area contributed by atoms with Crippen molar-refractivity contribution in [2.24, 2.45) is 13.0 Å². The van der Waals surface area contributed by atoms with E-state index in [1.165, 1.54) is 24.2 Å². The Labute approximate surface area is 234 Å². The van der Waals surface area contributed by atoms with Gasteiger partial charge in [-0.2, -0.15) is 5.10 Å². The minimum Gasteiger partial charge on any atom is -0.466 e. The van der Waals surface area contributed by atoms with E-state index in [9.17, 15) is 9.59 Å². The average Bonchev–Trinajstić information content (AvgIpc) is 3.36. The lowest BCUT2D eigenvalue weighted by molar-refractivity contribution is -0.134. The number of methoxy groups -OCH3 is 1. The van der Waals surface area contributed by atoms with Gasteiger partial charge in [-0.3, -0.25) is 9.48 Å². The molecule has 1 aliphatic carbocycles. The van der Waals surface area contributed by atoms with Crippen LogP contribution >= 0.6 is 0 Å². The second-order valence-electron chi connectivity index (χ2n) is 10.2. The van der Waals surface area contributed by atoms with Gasteiger partial charge in [0.05, 0.1) is 18.8 Å². The summed E-state index contributed by atoms with van der Waals surface area (Å²) in [6.07, 6.45) is 9.32. The van der Waals surface area contributed by atoms with E-state index in [4.69, 9.17) is 7.85 Å². The molecule has 0 unspecified atom stereocenters. The number of hydrogen-bond donors (Lipinski definition) is 0. The normalized spacial score (nSPS) is 14.9. The molecule has 40 heavy (non-hydrogen) atoms. The molecule has 1 saturated carbocycles. The molecule has 8 heteroatoms. The molecule has 1 aliphatic rings. The topological polar surface area (TPSA) is 64.4 Å². The van der Waals surface area contributed by atoms with Gasteiger partial charge in [0.25, 0.3) is 0 Å². The molecule has 0 saturated heterocycles. The van der Waals surface area contributed by atoms with E-state index in [-0.39, 0.29) is 17.4 Å². The van der Waals surface area contributed by atoms with Crippen molar-refractivity contribution in [3.63, 3.8) is 0 Å². The summed E-state index contributed by atoms with van der Waals surface area (Å²) in [6, 6.07) is 18.0. The Morgan fingerprint density at radius 1 is 1.07 bits per heavy atom. The van der Waals surface area contributed by atoms with E-state index in [0.29, 0.717) is 16.8 Å². The summed E-state index contributed by atoms with van der Waals surface area (Å²) >= 11 is 0. The number of benzene rings is 3. The molecule has 0 aliphatic heterocycles. The number of amides is 1. The van der Waals surface area contributed by atoms with Gasteiger partial charge in [-0.1, -0.05) is 49.6 Å². The number of ether oxygens (including phenoxy) is 1. The Bertz CT molecular complexity index is 1570. The quantitative estimate of drug-likeness (QED) is 0.157. The smallest absolute Gasteiger partial charge is 0.330 e. The predicted molar refractivity (Wildman–Crippen MR) is 156 cm³/mol. The van der Waals surface area contributed by atoms with E-state index in [1.54, 1.807) is 41.2 Å². The molecule has 1 atom stereocenters. The van der Waals surface area contributed by atoms with Crippen molar-refractivity contribution in [3.8, 4) is 11.1 Å². The first-order valence-electron chi connectivity index (χ1n) is 13.5. The molecule has 1 fully saturated rings. The number of carbonyl (C=O) groups is 2. The van der Waals surface area contributed by atoms with E-state index in [2.05, 4.69) is 9.84 Å². The third kappa shape index (κ3) is 5.71. The van der Waals surface area contributed by atoms with Gasteiger partial charge in [0.1, 0.15) is 13.7 Å². The largest absolute Gasteiger partial charge is 0.466 e. The maximum atomic E-state index is 15.7. The van der Waals surface area contributed by atoms with Crippen LogP contribution in [-0.2, 0) is 21.4 Å². The SMILES string of the molecule is [B][C@H](c1ccc(-c2ccc3c(cnn3C)c2)cc1F)N(C(=O)C1CCCCC1)c1cccc(/C=C/C(=O)OC)c1. The zero-order valence-corrected chi connectivity index (χ0v) is 22.7. The summed E-state index contributed by atoms with van der Waals surface area (Å²) in [5, 5.41) is 5.25. The maximum Gasteiger partial charge on any atom is 0.330 e. The third-order valence-electron chi connectivity index (χ3n) is 7.63. The van der Waals surface area contributed by atoms with E-state index < -0.39 is 17.7 Å².